The van der Waals surface area contributed by atoms with Crippen molar-refractivity contribution in [1.82, 2.24) is 9.97 Å². The molecule has 4 saturated carbocycles. The van der Waals surface area contributed by atoms with E-state index in [1.54, 1.807) is 18.2 Å². The van der Waals surface area contributed by atoms with Crippen LogP contribution in [-0.4, -0.2) is 21.0 Å². The lowest BCUT2D eigenvalue weighted by Crippen LogP contribution is -2.87. The van der Waals surface area contributed by atoms with Crippen molar-refractivity contribution in [2.24, 2.45) is 23.2 Å². The van der Waals surface area contributed by atoms with Gasteiger partial charge in [0.1, 0.15) is 11.6 Å². The minimum absolute atomic E-state index is 0.163. The molecule has 33 heavy (non-hydrogen) atoms. The lowest BCUT2D eigenvalue weighted by atomic mass is 9.12. The normalized spacial score (nSPS) is 32.1. The summed E-state index contributed by atoms with van der Waals surface area (Å²) in [5, 5.41) is 12.9. The molecule has 6 nitrogen and oxygen atoms in total. The largest absolute Gasteiger partial charge is 0.478 e. The van der Waals surface area contributed by atoms with E-state index in [9.17, 15) is 9.90 Å². The van der Waals surface area contributed by atoms with Crippen molar-refractivity contribution in [2.75, 3.05) is 5.32 Å². The lowest BCUT2D eigenvalue weighted by molar-refractivity contribution is -0.395. The van der Waals surface area contributed by atoms with Crippen LogP contribution in [0.2, 0.25) is 5.02 Å². The second-order valence-electron chi connectivity index (χ2n) is 9.95. The number of benzene rings is 2. The third-order valence-corrected chi connectivity index (χ3v) is 9.23. The van der Waals surface area contributed by atoms with Gasteiger partial charge in [-0.25, -0.2) is 14.8 Å². The molecule has 0 bridgehead atoms. The SMILES string of the molecule is O=C(O)c1ccccc1Nc1cnc(Oc2ccc(C34CC5CC6CC(C3)C654)cc2Cl)cn1. The molecule has 1 aromatic heterocycles. The summed E-state index contributed by atoms with van der Waals surface area (Å²) in [6, 6.07) is 12.9. The number of ether oxygens (including phenoxy) is 1. The highest BCUT2D eigenvalue weighted by Crippen LogP contribution is 2.92. The van der Waals surface area contributed by atoms with Crippen molar-refractivity contribution in [3.05, 3.63) is 71.0 Å². The molecule has 2 atom stereocenters. The third kappa shape index (κ3) is 2.37. The third-order valence-electron chi connectivity index (χ3n) is 8.93. The van der Waals surface area contributed by atoms with Gasteiger partial charge in [-0.1, -0.05) is 29.8 Å². The van der Waals surface area contributed by atoms with Gasteiger partial charge >= 0.3 is 5.97 Å². The Balaban J connectivity index is 1.07. The van der Waals surface area contributed by atoms with Crippen LogP contribution in [0.3, 0.4) is 0 Å². The van der Waals surface area contributed by atoms with Gasteiger partial charge < -0.3 is 15.2 Å². The molecule has 7 rings (SSSR count). The summed E-state index contributed by atoms with van der Waals surface area (Å²) in [5.41, 5.74) is 2.97. The molecule has 166 valence electrons. The van der Waals surface area contributed by atoms with Crippen molar-refractivity contribution in [1.29, 1.82) is 0 Å². The molecule has 2 unspecified atom stereocenters. The zero-order chi connectivity index (χ0) is 22.4. The number of anilines is 2. The van der Waals surface area contributed by atoms with Gasteiger partial charge in [0.25, 0.3) is 0 Å². The smallest absolute Gasteiger partial charge is 0.337 e. The second-order valence-corrected chi connectivity index (χ2v) is 10.4. The van der Waals surface area contributed by atoms with Crippen LogP contribution >= 0.6 is 11.6 Å². The average Bonchev–Trinajstić information content (AvgIpc) is 2.75. The number of nitrogens with zero attached hydrogens (tertiary/aromatic N) is 2. The molecule has 0 aliphatic heterocycles. The number of hydrogen-bond acceptors (Lipinski definition) is 5. The lowest BCUT2D eigenvalue weighted by Gasteiger charge is -2.91. The number of aromatic carboxylic acids is 1. The number of hydrogen-bond donors (Lipinski definition) is 2. The maximum atomic E-state index is 11.4. The number of aromatic nitrogens is 2. The van der Waals surface area contributed by atoms with Crippen molar-refractivity contribution in [3.63, 3.8) is 0 Å². The molecule has 2 aromatic carbocycles. The number of nitrogens with one attached hydrogen (secondary N) is 1. The highest BCUT2D eigenvalue weighted by Gasteiger charge is 2.87. The van der Waals surface area contributed by atoms with Gasteiger partial charge in [0.2, 0.25) is 5.88 Å². The Morgan fingerprint density at radius 1 is 1.06 bits per heavy atom. The number of halogens is 1. The molecule has 0 saturated heterocycles. The Bertz CT molecular complexity index is 1280. The van der Waals surface area contributed by atoms with E-state index in [1.807, 2.05) is 6.07 Å². The topological polar surface area (TPSA) is 84.3 Å². The van der Waals surface area contributed by atoms with E-state index in [1.165, 1.54) is 49.7 Å². The van der Waals surface area contributed by atoms with Gasteiger partial charge in [-0.2, -0.15) is 0 Å². The quantitative estimate of drug-likeness (QED) is 0.466. The van der Waals surface area contributed by atoms with Gasteiger partial charge in [0, 0.05) is 5.41 Å². The van der Waals surface area contributed by atoms with Crippen LogP contribution in [0.15, 0.2) is 54.9 Å². The molecule has 4 aliphatic carbocycles. The van der Waals surface area contributed by atoms with Gasteiger partial charge in [0.15, 0.2) is 0 Å². The first-order valence-electron chi connectivity index (χ1n) is 11.4. The predicted octanol–water partition coefficient (Wildman–Crippen LogP) is 6.05. The molecule has 4 aliphatic rings. The van der Waals surface area contributed by atoms with E-state index in [2.05, 4.69) is 27.4 Å². The summed E-state index contributed by atoms with van der Waals surface area (Å²) >= 11 is 6.63. The Labute approximate surface area is 196 Å². The Kier molecular flexibility index (Phi) is 3.80. The maximum absolute atomic E-state index is 11.4. The molecule has 0 radical (unpaired) electrons. The summed E-state index contributed by atoms with van der Waals surface area (Å²) in [6.07, 6.45) is 8.53. The van der Waals surface area contributed by atoms with Crippen LogP contribution in [0.25, 0.3) is 0 Å². The Morgan fingerprint density at radius 2 is 1.85 bits per heavy atom. The van der Waals surface area contributed by atoms with Crippen molar-refractivity contribution < 1.29 is 14.6 Å². The number of carbonyl (C=O) groups is 1. The molecule has 1 spiro atoms. The molecular weight excluding hydrogens is 438 g/mol. The molecule has 0 amide bonds. The predicted molar refractivity (Wildman–Crippen MR) is 123 cm³/mol. The van der Waals surface area contributed by atoms with Crippen molar-refractivity contribution >= 4 is 29.1 Å². The summed E-state index contributed by atoms with van der Waals surface area (Å²) in [6.45, 7) is 0. The summed E-state index contributed by atoms with van der Waals surface area (Å²) in [4.78, 5) is 20.0. The minimum Gasteiger partial charge on any atom is -0.478 e. The fourth-order valence-electron chi connectivity index (χ4n) is 7.76. The van der Waals surface area contributed by atoms with Crippen molar-refractivity contribution in [3.8, 4) is 11.6 Å². The summed E-state index contributed by atoms with van der Waals surface area (Å²) in [5.74, 6) is 3.16. The average molecular weight is 460 g/mol. The number of carboxylic acid groups (broad SMARTS) is 1. The minimum atomic E-state index is -1.01. The van der Waals surface area contributed by atoms with Crippen LogP contribution < -0.4 is 10.1 Å². The summed E-state index contributed by atoms with van der Waals surface area (Å²) in [7, 11) is 0. The van der Waals surface area contributed by atoms with Crippen LogP contribution in [-0.2, 0) is 5.41 Å². The first-order chi connectivity index (χ1) is 16.0. The zero-order valence-electron chi connectivity index (χ0n) is 17.8. The molecule has 3 aromatic rings. The molecule has 7 heteroatoms. The number of carboxylic acids is 1. The number of rotatable bonds is 6. The van der Waals surface area contributed by atoms with E-state index in [0.29, 0.717) is 39.0 Å². The van der Waals surface area contributed by atoms with E-state index >= 15 is 0 Å². The Hall–Kier alpha value is -3.12. The fourth-order valence-corrected chi connectivity index (χ4v) is 7.98. The van der Waals surface area contributed by atoms with E-state index in [0.717, 1.165) is 17.8 Å². The van der Waals surface area contributed by atoms with E-state index in [4.69, 9.17) is 16.3 Å². The first kappa shape index (κ1) is 19.4. The van der Waals surface area contributed by atoms with Gasteiger partial charge in [-0.15, -0.1) is 0 Å². The van der Waals surface area contributed by atoms with Crippen LogP contribution in [0, 0.1) is 23.2 Å². The summed E-state index contributed by atoms with van der Waals surface area (Å²) < 4.78 is 5.90. The molecule has 1 heterocycles. The van der Waals surface area contributed by atoms with E-state index < -0.39 is 5.97 Å². The Morgan fingerprint density at radius 3 is 2.48 bits per heavy atom. The van der Waals surface area contributed by atoms with Crippen LogP contribution in [0.1, 0.15) is 41.6 Å². The van der Waals surface area contributed by atoms with Gasteiger partial charge in [0.05, 0.1) is 28.7 Å². The second kappa shape index (κ2) is 6.48. The highest BCUT2D eigenvalue weighted by molar-refractivity contribution is 6.32. The molecule has 4 fully saturated rings. The van der Waals surface area contributed by atoms with Crippen LogP contribution in [0.4, 0.5) is 11.5 Å². The first-order valence-corrected chi connectivity index (χ1v) is 11.8. The monoisotopic (exact) mass is 459 g/mol. The van der Waals surface area contributed by atoms with E-state index in [-0.39, 0.29) is 5.56 Å². The fraction of sp³-hybridized carbons (Fsp3) is 0.346. The zero-order valence-corrected chi connectivity index (χ0v) is 18.5. The maximum Gasteiger partial charge on any atom is 0.337 e. The molecule has 2 N–H and O–H groups in total. The highest BCUT2D eigenvalue weighted by atomic mass is 35.5. The standard InChI is InChI=1S/C26H22ClN3O3/c27-19-9-14(25-10-16-7-15-8-17(11-25)26(15,16)25)5-6-21(19)33-23-13-28-22(12-29-23)30-20-4-2-1-3-18(20)24(31)32/h1-6,9,12-13,15-17H,7-8,10-11H2,(H,28,30)(H,31,32). The van der Waals surface area contributed by atoms with Crippen LogP contribution in [0.5, 0.6) is 11.6 Å². The molecular formula is C26H22ClN3O3. The van der Waals surface area contributed by atoms with Crippen molar-refractivity contribution in [2.45, 2.75) is 31.1 Å². The van der Waals surface area contributed by atoms with Gasteiger partial charge in [-0.3, -0.25) is 0 Å². The number of para-hydroxylation sites is 1. The van der Waals surface area contributed by atoms with Gasteiger partial charge in [-0.05, 0) is 78.7 Å².